The lowest BCUT2D eigenvalue weighted by atomic mass is 9.97. The number of likely N-dealkylation sites (tertiary alicyclic amines) is 2. The highest BCUT2D eigenvalue weighted by atomic mass is 35.5. The summed E-state index contributed by atoms with van der Waals surface area (Å²) in [6, 6.07) is 13.3. The molecule has 366 valence electrons. The molecule has 4 atom stereocenters. The monoisotopic (exact) mass is 1040 g/mol. The number of fused-ring (bicyclic) bond motifs is 2. The van der Waals surface area contributed by atoms with E-state index in [1.54, 1.807) is 30.7 Å². The molecule has 68 heavy (non-hydrogen) atoms. The number of piperidine rings is 2. The van der Waals surface area contributed by atoms with Crippen LogP contribution in [0, 0.1) is 35.1 Å². The first-order chi connectivity index (χ1) is 32.6. The molecule has 2 amide bonds. The average Bonchev–Trinajstić information content (AvgIpc) is 4.25. The molecule has 0 aromatic heterocycles. The van der Waals surface area contributed by atoms with Crippen LogP contribution in [0.4, 0.5) is 17.6 Å². The van der Waals surface area contributed by atoms with E-state index in [1.165, 1.54) is 36.4 Å². The van der Waals surface area contributed by atoms with Crippen LogP contribution in [0.3, 0.4) is 0 Å². The fourth-order valence-electron chi connectivity index (χ4n) is 9.69. The molecule has 0 spiro atoms. The number of carbonyl (C=O) groups excluding carboxylic acids is 2. The average molecular weight is 1040 g/mol. The number of hydrazine groups is 1. The van der Waals surface area contributed by atoms with Crippen molar-refractivity contribution in [1.29, 1.82) is 0 Å². The maximum absolute atomic E-state index is 15.0. The van der Waals surface area contributed by atoms with Crippen LogP contribution >= 0.6 is 58.7 Å². The summed E-state index contributed by atoms with van der Waals surface area (Å²) in [5.74, 6) is -0.837. The van der Waals surface area contributed by atoms with Gasteiger partial charge in [-0.15, -0.1) is 0 Å². The van der Waals surface area contributed by atoms with E-state index in [0.29, 0.717) is 57.0 Å². The molecule has 9 rings (SSSR count). The Balaban J connectivity index is 0.000000184. The maximum Gasteiger partial charge on any atom is 0.271 e. The minimum atomic E-state index is -0.719. The zero-order valence-electron chi connectivity index (χ0n) is 37.8. The highest BCUT2D eigenvalue weighted by molar-refractivity contribution is 7.97. The first-order valence-electron chi connectivity index (χ1n) is 22.8. The number of nitrogens with one attached hydrogen (secondary N) is 2. The number of ether oxygens (including phenoxy) is 2. The Morgan fingerprint density at radius 3 is 2.07 bits per heavy atom. The van der Waals surface area contributed by atoms with Crippen molar-refractivity contribution >= 4 is 70.5 Å². The number of amides is 2. The van der Waals surface area contributed by atoms with Crippen LogP contribution in [-0.2, 0) is 6.54 Å². The Labute approximate surface area is 417 Å². The third kappa shape index (κ3) is 12.2. The van der Waals surface area contributed by atoms with E-state index < -0.39 is 29.3 Å². The number of carbonyl (C=O) groups is 2. The van der Waals surface area contributed by atoms with Crippen molar-refractivity contribution in [3.63, 3.8) is 0 Å². The summed E-state index contributed by atoms with van der Waals surface area (Å²) in [6.07, 6.45) is 10.9. The summed E-state index contributed by atoms with van der Waals surface area (Å²) in [5, 5.41) is 10.5. The predicted octanol–water partition coefficient (Wildman–Crippen LogP) is 12.2. The van der Waals surface area contributed by atoms with Crippen molar-refractivity contribution in [1.82, 2.24) is 24.5 Å². The Morgan fingerprint density at radius 1 is 0.809 bits per heavy atom. The highest BCUT2D eigenvalue weighted by Gasteiger charge is 2.48. The molecule has 10 nitrogen and oxygen atoms in total. The summed E-state index contributed by atoms with van der Waals surface area (Å²) in [7, 11) is 0. The van der Waals surface area contributed by atoms with Crippen molar-refractivity contribution in [2.24, 2.45) is 11.8 Å². The molecule has 4 aromatic rings. The fourth-order valence-corrected chi connectivity index (χ4v) is 10.9. The number of halogens is 7. The van der Waals surface area contributed by atoms with Crippen molar-refractivity contribution in [2.45, 2.75) is 94.9 Å². The summed E-state index contributed by atoms with van der Waals surface area (Å²) in [6.45, 7) is 5.73. The quantitative estimate of drug-likeness (QED) is 0.0435. The fraction of sp³-hybridized carbons (Fsp3) is 0.469. The van der Waals surface area contributed by atoms with E-state index in [1.807, 2.05) is 0 Å². The van der Waals surface area contributed by atoms with Gasteiger partial charge in [0.2, 0.25) is 0 Å². The van der Waals surface area contributed by atoms with Crippen LogP contribution in [-0.4, -0.2) is 82.3 Å². The second kappa shape index (κ2) is 22.3. The molecular weight excluding hydrogens is 985 g/mol. The maximum atomic E-state index is 15.0. The van der Waals surface area contributed by atoms with Crippen LogP contribution in [0.2, 0.25) is 15.1 Å². The van der Waals surface area contributed by atoms with Crippen LogP contribution < -0.4 is 19.6 Å². The molecule has 2 aliphatic heterocycles. The molecule has 3 aliphatic carbocycles. The number of hydrogen-bond donors (Lipinski definition) is 3. The number of rotatable bonds is 16. The number of benzene rings is 4. The van der Waals surface area contributed by atoms with Gasteiger partial charge in [-0.25, -0.2) is 17.6 Å². The van der Waals surface area contributed by atoms with Crippen molar-refractivity contribution in [3.8, 4) is 11.5 Å². The standard InChI is InChI=1S/C25H28ClF2N3O3S.C24H26Cl2F2N2O2S/c1-13(17-6-5-16(27)9-20(17)26)30-12-14-7-22(30)24(8-14)34-23-11-21(28)19(10-18(23)15-3-4-15)25(32)29-31(33)35-2;1-33-29-24(31)18-9-17(15-2-3-15)23(11-21(18)27)32-13-14-4-6-30(7-5-14)12-16-8-22(28)20(26)10-19(16)25/h5-6,9-11,13-15,22,24,33H,3-4,7-8,12H2,1-2H3,(H,29,32);8-11,14-15H,2-7,12-13H2,1H3,(H,29,31)/t13-,14?,22-,24?;/m1./s1. The van der Waals surface area contributed by atoms with Crippen molar-refractivity contribution in [2.75, 3.05) is 38.8 Å². The second-order valence-electron chi connectivity index (χ2n) is 18.3. The summed E-state index contributed by atoms with van der Waals surface area (Å²) in [5.41, 5.74) is 5.50. The molecule has 3 saturated carbocycles. The molecule has 19 heteroatoms. The summed E-state index contributed by atoms with van der Waals surface area (Å²) in [4.78, 5) is 29.2. The lowest BCUT2D eigenvalue weighted by Gasteiger charge is -2.38. The number of nitrogens with zero attached hydrogens (tertiary/aromatic N) is 3. The summed E-state index contributed by atoms with van der Waals surface area (Å²) < 4.78 is 72.6. The van der Waals surface area contributed by atoms with Crippen LogP contribution in [0.25, 0.3) is 0 Å². The lowest BCUT2D eigenvalue weighted by Crippen LogP contribution is -2.45. The lowest BCUT2D eigenvalue weighted by molar-refractivity contribution is -0.0242. The van der Waals surface area contributed by atoms with E-state index in [-0.39, 0.29) is 46.1 Å². The Hall–Kier alpha value is -3.45. The van der Waals surface area contributed by atoms with Crippen LogP contribution in [0.1, 0.15) is 119 Å². The second-order valence-corrected chi connectivity index (χ2v) is 20.9. The van der Waals surface area contributed by atoms with Gasteiger partial charge in [0.05, 0.1) is 22.8 Å². The zero-order valence-corrected chi connectivity index (χ0v) is 41.7. The molecule has 2 saturated heterocycles. The van der Waals surface area contributed by atoms with Gasteiger partial charge >= 0.3 is 0 Å². The minimum Gasteiger partial charge on any atom is -0.493 e. The zero-order chi connectivity index (χ0) is 48.4. The topological polar surface area (TPSA) is 107 Å². The smallest absolute Gasteiger partial charge is 0.271 e. The first-order valence-corrected chi connectivity index (χ1v) is 26.3. The van der Waals surface area contributed by atoms with Gasteiger partial charge in [-0.1, -0.05) is 52.8 Å². The van der Waals surface area contributed by atoms with E-state index in [4.69, 9.17) is 44.3 Å². The molecule has 5 fully saturated rings. The molecule has 2 heterocycles. The van der Waals surface area contributed by atoms with E-state index in [0.717, 1.165) is 117 Å². The molecule has 2 unspecified atom stereocenters. The minimum absolute atomic E-state index is 0.00641. The van der Waals surface area contributed by atoms with Crippen LogP contribution in [0.5, 0.6) is 11.5 Å². The van der Waals surface area contributed by atoms with Gasteiger partial charge in [0, 0.05) is 59.9 Å². The van der Waals surface area contributed by atoms with Crippen molar-refractivity contribution < 1.29 is 41.8 Å². The van der Waals surface area contributed by atoms with Gasteiger partial charge in [0.1, 0.15) is 40.9 Å². The van der Waals surface area contributed by atoms with Crippen LogP contribution in [0.15, 0.2) is 54.6 Å². The molecule has 5 aliphatic rings. The summed E-state index contributed by atoms with van der Waals surface area (Å²) >= 11 is 20.4. The molecule has 2 bridgehead atoms. The Kier molecular flexibility index (Phi) is 16.7. The molecular formula is C49H54Cl3F4N5O5S2. The Bertz CT molecular complexity index is 2500. The SMILES string of the molecule is CSN(O)NC(=O)c1cc(C2CC2)c(OC2CC3C[C@H]2N([C@H](C)c2ccc(F)cc2Cl)C3)cc1F.CSNC(=O)c1cc(C2CC2)c(OCC2CCN(Cc3cc(F)c(Cl)cc3Cl)CC2)cc1F. The van der Waals surface area contributed by atoms with E-state index in [9.17, 15) is 32.4 Å². The number of hydrogen-bond acceptors (Lipinski definition) is 10. The van der Waals surface area contributed by atoms with Gasteiger partial charge in [0.15, 0.2) is 0 Å². The largest absolute Gasteiger partial charge is 0.493 e. The third-order valence-corrected chi connectivity index (χ3v) is 15.4. The van der Waals surface area contributed by atoms with Gasteiger partial charge in [0.25, 0.3) is 11.8 Å². The third-order valence-electron chi connectivity index (χ3n) is 13.6. The van der Waals surface area contributed by atoms with Gasteiger partial charge < -0.3 is 9.47 Å². The first kappa shape index (κ1) is 50.9. The van der Waals surface area contributed by atoms with E-state index >= 15 is 0 Å². The Morgan fingerprint density at radius 2 is 1.46 bits per heavy atom. The van der Waals surface area contributed by atoms with Gasteiger partial charge in [-0.2, -0.15) is 0 Å². The van der Waals surface area contributed by atoms with Gasteiger partial charge in [-0.05, 0) is 170 Å². The predicted molar refractivity (Wildman–Crippen MR) is 260 cm³/mol. The molecule has 0 radical (unpaired) electrons. The highest BCUT2D eigenvalue weighted by Crippen LogP contribution is 2.49. The van der Waals surface area contributed by atoms with E-state index in [2.05, 4.69) is 26.9 Å². The normalized spacial score (nSPS) is 21.1. The van der Waals surface area contributed by atoms with Crippen molar-refractivity contribution in [3.05, 3.63) is 126 Å². The molecule has 3 N–H and O–H groups in total. The van der Waals surface area contributed by atoms with Gasteiger partial charge in [-0.3, -0.25) is 34.7 Å². The molecule has 4 aromatic carbocycles.